The third-order valence-corrected chi connectivity index (χ3v) is 4.25. The molecule has 10 heteroatoms. The molecule has 0 fully saturated rings. The molecule has 0 unspecified atom stereocenters. The molecule has 0 saturated carbocycles. The fraction of sp³-hybridized carbons (Fsp3) is 0.0625. The molecule has 0 bridgehead atoms. The Morgan fingerprint density at radius 2 is 1.73 bits per heavy atom. The number of aromatic carboxylic acids is 2. The Labute approximate surface area is 150 Å². The van der Waals surface area contributed by atoms with Crippen molar-refractivity contribution in [1.82, 2.24) is 14.6 Å². The highest BCUT2D eigenvalue weighted by molar-refractivity contribution is 7.99. The van der Waals surface area contributed by atoms with Crippen molar-refractivity contribution >= 4 is 40.9 Å². The van der Waals surface area contributed by atoms with E-state index in [1.165, 1.54) is 0 Å². The zero-order valence-corrected chi connectivity index (χ0v) is 13.9. The summed E-state index contributed by atoms with van der Waals surface area (Å²) in [7, 11) is 0. The summed E-state index contributed by atoms with van der Waals surface area (Å²) >= 11 is 1.12. The first-order chi connectivity index (χ1) is 12.4. The molecule has 132 valence electrons. The maximum atomic E-state index is 12.1. The Morgan fingerprint density at radius 3 is 2.38 bits per heavy atom. The first-order valence-corrected chi connectivity index (χ1v) is 8.23. The number of thioether (sulfide) groups is 1. The van der Waals surface area contributed by atoms with Gasteiger partial charge in [-0.3, -0.25) is 9.20 Å². The van der Waals surface area contributed by atoms with Gasteiger partial charge in [0.1, 0.15) is 0 Å². The van der Waals surface area contributed by atoms with Gasteiger partial charge in [0.05, 0.1) is 17.7 Å². The molecule has 3 rings (SSSR count). The van der Waals surface area contributed by atoms with E-state index in [0.29, 0.717) is 10.8 Å². The number of amides is 1. The molecule has 2 aromatic heterocycles. The summed E-state index contributed by atoms with van der Waals surface area (Å²) in [5.41, 5.74) is -0.102. The number of carbonyl (C=O) groups excluding carboxylic acids is 3. The van der Waals surface area contributed by atoms with Crippen LogP contribution >= 0.6 is 11.8 Å². The molecule has 0 aliphatic heterocycles. The van der Waals surface area contributed by atoms with E-state index in [1.54, 1.807) is 22.7 Å². The van der Waals surface area contributed by atoms with Crippen molar-refractivity contribution in [1.29, 1.82) is 0 Å². The first kappa shape index (κ1) is 17.4. The first-order valence-electron chi connectivity index (χ1n) is 7.24. The number of carbonyl (C=O) groups is 3. The molecular formula is C16H10N4O5S-2. The molecule has 0 aliphatic rings. The maximum absolute atomic E-state index is 12.1. The molecule has 0 atom stereocenters. The number of carboxylic acids is 2. The maximum Gasteiger partial charge on any atom is 0.234 e. The number of benzene rings is 1. The second-order valence-electron chi connectivity index (χ2n) is 5.12. The molecule has 1 amide bonds. The normalized spacial score (nSPS) is 10.6. The summed E-state index contributed by atoms with van der Waals surface area (Å²) in [6.45, 7) is 0. The Balaban J connectivity index is 1.71. The number of fused-ring (bicyclic) bond motifs is 1. The van der Waals surface area contributed by atoms with Crippen LogP contribution in [0.3, 0.4) is 0 Å². The van der Waals surface area contributed by atoms with E-state index < -0.39 is 17.8 Å². The van der Waals surface area contributed by atoms with Crippen LogP contribution in [0.4, 0.5) is 5.69 Å². The van der Waals surface area contributed by atoms with Crippen molar-refractivity contribution in [3.05, 3.63) is 53.7 Å². The topological polar surface area (TPSA) is 140 Å². The highest BCUT2D eigenvalue weighted by atomic mass is 32.2. The minimum Gasteiger partial charge on any atom is -0.545 e. The van der Waals surface area contributed by atoms with Gasteiger partial charge in [-0.05, 0) is 41.5 Å². The van der Waals surface area contributed by atoms with E-state index in [0.717, 1.165) is 30.0 Å². The molecule has 2 heterocycles. The van der Waals surface area contributed by atoms with E-state index in [2.05, 4.69) is 15.5 Å². The minimum atomic E-state index is -1.56. The molecule has 9 nitrogen and oxygen atoms in total. The summed E-state index contributed by atoms with van der Waals surface area (Å²) in [4.78, 5) is 34.0. The van der Waals surface area contributed by atoms with Crippen molar-refractivity contribution in [2.24, 2.45) is 0 Å². The zero-order chi connectivity index (χ0) is 18.7. The third kappa shape index (κ3) is 3.81. The van der Waals surface area contributed by atoms with Gasteiger partial charge < -0.3 is 25.1 Å². The summed E-state index contributed by atoms with van der Waals surface area (Å²) in [5, 5.41) is 32.8. The second-order valence-corrected chi connectivity index (χ2v) is 6.06. The van der Waals surface area contributed by atoms with Gasteiger partial charge in [0.2, 0.25) is 5.91 Å². The SMILES string of the molecule is O=C(CSc1nnc2ccccn12)Nc1cc(C(=O)[O-])cc(C(=O)[O-])c1. The van der Waals surface area contributed by atoms with E-state index in [9.17, 15) is 24.6 Å². The van der Waals surface area contributed by atoms with Crippen LogP contribution in [0.5, 0.6) is 0 Å². The van der Waals surface area contributed by atoms with E-state index >= 15 is 0 Å². The van der Waals surface area contributed by atoms with Gasteiger partial charge in [-0.1, -0.05) is 17.8 Å². The molecule has 0 spiro atoms. The predicted octanol–water partition coefficient (Wildman–Crippen LogP) is -0.813. The number of anilines is 1. The van der Waals surface area contributed by atoms with Crippen LogP contribution in [0.15, 0.2) is 47.8 Å². The lowest BCUT2D eigenvalue weighted by molar-refractivity contribution is -0.255. The van der Waals surface area contributed by atoms with Crippen LogP contribution in [0.25, 0.3) is 5.65 Å². The lowest BCUT2D eigenvalue weighted by atomic mass is 10.1. The van der Waals surface area contributed by atoms with Crippen LogP contribution in [0.2, 0.25) is 0 Å². The predicted molar refractivity (Wildman–Crippen MR) is 87.4 cm³/mol. The highest BCUT2D eigenvalue weighted by Gasteiger charge is 2.10. The average molecular weight is 370 g/mol. The number of nitrogens with one attached hydrogen (secondary N) is 1. The molecule has 1 aromatic carbocycles. The quantitative estimate of drug-likeness (QED) is 0.556. The van der Waals surface area contributed by atoms with Crippen molar-refractivity contribution in [3.8, 4) is 0 Å². The summed E-state index contributed by atoms with van der Waals surface area (Å²) < 4.78 is 1.71. The Bertz CT molecular complexity index is 985. The Hall–Kier alpha value is -3.40. The third-order valence-electron chi connectivity index (χ3n) is 3.30. The fourth-order valence-corrected chi connectivity index (χ4v) is 2.90. The van der Waals surface area contributed by atoms with Crippen LogP contribution in [-0.2, 0) is 4.79 Å². The smallest absolute Gasteiger partial charge is 0.234 e. The van der Waals surface area contributed by atoms with Gasteiger partial charge in [-0.25, -0.2) is 0 Å². The van der Waals surface area contributed by atoms with Crippen LogP contribution in [0.1, 0.15) is 20.7 Å². The summed E-state index contributed by atoms with van der Waals surface area (Å²) in [6.07, 6.45) is 1.76. The van der Waals surface area contributed by atoms with Gasteiger partial charge in [-0.15, -0.1) is 10.2 Å². The number of aromatic nitrogens is 3. The monoisotopic (exact) mass is 370 g/mol. The zero-order valence-electron chi connectivity index (χ0n) is 13.0. The number of rotatable bonds is 6. The van der Waals surface area contributed by atoms with E-state index in [4.69, 9.17) is 0 Å². The van der Waals surface area contributed by atoms with E-state index in [-0.39, 0.29) is 22.6 Å². The number of hydrogen-bond donors (Lipinski definition) is 1. The van der Waals surface area contributed by atoms with Gasteiger partial charge in [0.25, 0.3) is 0 Å². The number of nitrogens with zero attached hydrogens (tertiary/aromatic N) is 3. The lowest BCUT2D eigenvalue weighted by Gasteiger charge is -2.12. The van der Waals surface area contributed by atoms with Gasteiger partial charge in [-0.2, -0.15) is 0 Å². The molecule has 26 heavy (non-hydrogen) atoms. The largest absolute Gasteiger partial charge is 0.545 e. The molecular weight excluding hydrogens is 360 g/mol. The van der Waals surface area contributed by atoms with Gasteiger partial charge >= 0.3 is 0 Å². The summed E-state index contributed by atoms with van der Waals surface area (Å²) in [5.74, 6) is -3.63. The van der Waals surface area contributed by atoms with Crippen molar-refractivity contribution in [2.45, 2.75) is 5.16 Å². The second kappa shape index (κ2) is 7.23. The molecule has 3 aromatic rings. The number of pyridine rings is 1. The van der Waals surface area contributed by atoms with Crippen LogP contribution in [0, 0.1) is 0 Å². The standard InChI is InChI=1S/C16H12N4O5S/c21-13(8-26-16-19-18-12-3-1-2-4-20(12)16)17-11-6-9(14(22)23)5-10(7-11)15(24)25/h1-7H,8H2,(H,17,21)(H,22,23)(H,24,25)/p-2. The molecule has 0 radical (unpaired) electrons. The average Bonchev–Trinajstić information content (AvgIpc) is 3.03. The minimum absolute atomic E-state index is 0.0163. The van der Waals surface area contributed by atoms with Crippen molar-refractivity contribution in [3.63, 3.8) is 0 Å². The van der Waals surface area contributed by atoms with Crippen LogP contribution in [-0.4, -0.2) is 38.2 Å². The fourth-order valence-electron chi connectivity index (χ4n) is 2.18. The lowest BCUT2D eigenvalue weighted by Crippen LogP contribution is -2.26. The van der Waals surface area contributed by atoms with E-state index in [1.807, 2.05) is 6.07 Å². The van der Waals surface area contributed by atoms with Crippen molar-refractivity contribution < 1.29 is 24.6 Å². The van der Waals surface area contributed by atoms with Crippen molar-refractivity contribution in [2.75, 3.05) is 11.1 Å². The van der Waals surface area contributed by atoms with Crippen LogP contribution < -0.4 is 15.5 Å². The molecule has 0 aliphatic carbocycles. The Kier molecular flexibility index (Phi) is 4.85. The molecule has 0 saturated heterocycles. The number of hydrogen-bond acceptors (Lipinski definition) is 8. The Morgan fingerprint density at radius 1 is 1.04 bits per heavy atom. The van der Waals surface area contributed by atoms with Gasteiger partial charge in [0, 0.05) is 11.9 Å². The number of carboxylic acid groups (broad SMARTS) is 2. The highest BCUT2D eigenvalue weighted by Crippen LogP contribution is 2.18. The van der Waals surface area contributed by atoms with Gasteiger partial charge in [0.15, 0.2) is 10.8 Å². The summed E-state index contributed by atoms with van der Waals surface area (Å²) in [6, 6.07) is 8.49. The molecule has 1 N–H and O–H groups in total.